The van der Waals surface area contributed by atoms with Crippen LogP contribution in [0.2, 0.25) is 0 Å². The second-order valence-corrected chi connectivity index (χ2v) is 2.39. The summed E-state index contributed by atoms with van der Waals surface area (Å²) < 4.78 is 0. The highest BCUT2D eigenvalue weighted by Gasteiger charge is 1.96. The molecule has 1 rings (SSSR count). The van der Waals surface area contributed by atoms with E-state index in [2.05, 4.69) is 11.8 Å². The second kappa shape index (κ2) is 3.50. The SMILES string of the molecule is NC(=O)C#Cc1ccc(O)cc1N. The molecule has 13 heavy (non-hydrogen) atoms. The summed E-state index contributed by atoms with van der Waals surface area (Å²) in [6.07, 6.45) is 0. The monoisotopic (exact) mass is 176 g/mol. The number of benzene rings is 1. The molecule has 0 saturated heterocycles. The zero-order valence-corrected chi connectivity index (χ0v) is 6.74. The van der Waals surface area contributed by atoms with Crippen LogP contribution >= 0.6 is 0 Å². The van der Waals surface area contributed by atoms with Crippen LogP contribution in [0.25, 0.3) is 0 Å². The summed E-state index contributed by atoms with van der Waals surface area (Å²) in [6.45, 7) is 0. The number of phenols is 1. The van der Waals surface area contributed by atoms with E-state index in [0.29, 0.717) is 11.3 Å². The van der Waals surface area contributed by atoms with E-state index in [1.165, 1.54) is 18.2 Å². The molecule has 0 spiro atoms. The lowest BCUT2D eigenvalue weighted by Crippen LogP contribution is -2.06. The van der Waals surface area contributed by atoms with Gasteiger partial charge in [-0.25, -0.2) is 0 Å². The van der Waals surface area contributed by atoms with Crippen LogP contribution in [0, 0.1) is 11.8 Å². The van der Waals surface area contributed by atoms with Gasteiger partial charge in [0.2, 0.25) is 0 Å². The first-order valence-corrected chi connectivity index (χ1v) is 3.49. The van der Waals surface area contributed by atoms with Crippen LogP contribution in [0.3, 0.4) is 0 Å². The lowest BCUT2D eigenvalue weighted by Gasteiger charge is -1.97. The number of carbonyl (C=O) groups is 1. The standard InChI is InChI=1S/C9H8N2O2/c10-8-5-7(12)3-1-6(8)2-4-9(11)13/h1,3,5,12H,10H2,(H2,11,13). The predicted molar refractivity (Wildman–Crippen MR) is 48.6 cm³/mol. The molecule has 1 aromatic carbocycles. The van der Waals surface area contributed by atoms with E-state index in [1.54, 1.807) is 0 Å². The third-order valence-corrected chi connectivity index (χ3v) is 1.36. The molecule has 4 heteroatoms. The van der Waals surface area contributed by atoms with Gasteiger partial charge in [0.25, 0.3) is 5.91 Å². The molecule has 0 heterocycles. The summed E-state index contributed by atoms with van der Waals surface area (Å²) in [6, 6.07) is 4.30. The van der Waals surface area contributed by atoms with E-state index in [1.807, 2.05) is 0 Å². The Morgan fingerprint density at radius 1 is 1.46 bits per heavy atom. The van der Waals surface area contributed by atoms with E-state index in [4.69, 9.17) is 16.6 Å². The Bertz CT molecular complexity index is 402. The number of primary amides is 1. The Balaban J connectivity index is 3.05. The van der Waals surface area contributed by atoms with Crippen LogP contribution in [0.1, 0.15) is 5.56 Å². The number of rotatable bonds is 0. The van der Waals surface area contributed by atoms with Crippen molar-refractivity contribution >= 4 is 11.6 Å². The molecule has 4 nitrogen and oxygen atoms in total. The Morgan fingerprint density at radius 2 is 2.15 bits per heavy atom. The lowest BCUT2D eigenvalue weighted by atomic mass is 10.2. The van der Waals surface area contributed by atoms with E-state index in [0.717, 1.165) is 0 Å². The van der Waals surface area contributed by atoms with Crippen molar-refractivity contribution < 1.29 is 9.90 Å². The Morgan fingerprint density at radius 3 is 2.69 bits per heavy atom. The molecule has 0 saturated carbocycles. The van der Waals surface area contributed by atoms with Gasteiger partial charge in [-0.1, -0.05) is 5.92 Å². The van der Waals surface area contributed by atoms with Crippen LogP contribution in [0.4, 0.5) is 5.69 Å². The number of nitrogen functional groups attached to an aromatic ring is 1. The molecule has 0 aromatic heterocycles. The minimum Gasteiger partial charge on any atom is -0.508 e. The summed E-state index contributed by atoms with van der Waals surface area (Å²) in [7, 11) is 0. The van der Waals surface area contributed by atoms with Gasteiger partial charge in [0.1, 0.15) is 5.75 Å². The van der Waals surface area contributed by atoms with E-state index in [9.17, 15) is 4.79 Å². The fourth-order valence-electron chi connectivity index (χ4n) is 0.793. The summed E-state index contributed by atoms with van der Waals surface area (Å²) in [5, 5.41) is 9.00. The highest BCUT2D eigenvalue weighted by Crippen LogP contribution is 2.17. The molecule has 5 N–H and O–H groups in total. The summed E-state index contributed by atoms with van der Waals surface area (Å²) in [5.74, 6) is 3.97. The quantitative estimate of drug-likeness (QED) is 0.378. The molecule has 0 fully saturated rings. The number of nitrogens with two attached hydrogens (primary N) is 2. The zero-order chi connectivity index (χ0) is 9.84. The van der Waals surface area contributed by atoms with Gasteiger partial charge >= 0.3 is 0 Å². The highest BCUT2D eigenvalue weighted by atomic mass is 16.3. The van der Waals surface area contributed by atoms with Crippen LogP contribution in [0.15, 0.2) is 18.2 Å². The number of amides is 1. The number of hydrogen-bond acceptors (Lipinski definition) is 3. The van der Waals surface area contributed by atoms with E-state index < -0.39 is 5.91 Å². The molecular formula is C9H8N2O2. The first-order valence-electron chi connectivity index (χ1n) is 3.49. The maximum absolute atomic E-state index is 10.3. The van der Waals surface area contributed by atoms with Gasteiger partial charge in [-0.3, -0.25) is 4.79 Å². The fraction of sp³-hybridized carbons (Fsp3) is 0. The van der Waals surface area contributed by atoms with Crippen molar-refractivity contribution in [1.29, 1.82) is 0 Å². The predicted octanol–water partition coefficient (Wildman–Crippen LogP) is -0.189. The second-order valence-electron chi connectivity index (χ2n) is 2.39. The van der Waals surface area contributed by atoms with Crippen LogP contribution in [-0.2, 0) is 4.79 Å². The normalized spacial score (nSPS) is 8.62. The largest absolute Gasteiger partial charge is 0.508 e. The molecule has 66 valence electrons. The van der Waals surface area contributed by atoms with Crippen molar-refractivity contribution in [2.24, 2.45) is 5.73 Å². The van der Waals surface area contributed by atoms with Crippen molar-refractivity contribution in [1.82, 2.24) is 0 Å². The molecule has 0 radical (unpaired) electrons. The Kier molecular flexibility index (Phi) is 2.41. The average molecular weight is 176 g/mol. The van der Waals surface area contributed by atoms with Crippen molar-refractivity contribution in [3.8, 4) is 17.6 Å². The zero-order valence-electron chi connectivity index (χ0n) is 6.74. The third-order valence-electron chi connectivity index (χ3n) is 1.36. The number of anilines is 1. The van der Waals surface area contributed by atoms with Crippen molar-refractivity contribution in [3.63, 3.8) is 0 Å². The molecule has 1 aromatic rings. The molecule has 1 amide bonds. The van der Waals surface area contributed by atoms with E-state index in [-0.39, 0.29) is 5.75 Å². The number of carbonyl (C=O) groups excluding carboxylic acids is 1. The fourth-order valence-corrected chi connectivity index (χ4v) is 0.793. The molecule has 0 aliphatic heterocycles. The molecule has 0 aliphatic carbocycles. The van der Waals surface area contributed by atoms with Gasteiger partial charge in [-0.05, 0) is 12.1 Å². The Hall–Kier alpha value is -2.15. The minimum absolute atomic E-state index is 0.0575. The number of aromatic hydroxyl groups is 1. The van der Waals surface area contributed by atoms with E-state index >= 15 is 0 Å². The topological polar surface area (TPSA) is 89.3 Å². The maximum Gasteiger partial charge on any atom is 0.293 e. The van der Waals surface area contributed by atoms with Crippen molar-refractivity contribution in [3.05, 3.63) is 23.8 Å². The summed E-state index contributed by atoms with van der Waals surface area (Å²) in [4.78, 5) is 10.3. The number of phenolic OH excluding ortho intramolecular Hbond substituents is 1. The van der Waals surface area contributed by atoms with Gasteiger partial charge in [0.15, 0.2) is 0 Å². The van der Waals surface area contributed by atoms with Crippen LogP contribution in [0.5, 0.6) is 5.75 Å². The molecule has 0 bridgehead atoms. The first-order chi connectivity index (χ1) is 6.09. The summed E-state index contributed by atoms with van der Waals surface area (Å²) in [5.41, 5.74) is 11.1. The van der Waals surface area contributed by atoms with Crippen LogP contribution in [-0.4, -0.2) is 11.0 Å². The Labute approximate surface area is 75.2 Å². The highest BCUT2D eigenvalue weighted by molar-refractivity contribution is 5.92. The molecule has 0 atom stereocenters. The number of hydrogen-bond donors (Lipinski definition) is 3. The maximum atomic E-state index is 10.3. The summed E-state index contributed by atoms with van der Waals surface area (Å²) >= 11 is 0. The first kappa shape index (κ1) is 8.94. The minimum atomic E-state index is -0.715. The lowest BCUT2D eigenvalue weighted by molar-refractivity contribution is -0.112. The smallest absolute Gasteiger partial charge is 0.293 e. The van der Waals surface area contributed by atoms with Gasteiger partial charge in [-0.15, -0.1) is 0 Å². The van der Waals surface area contributed by atoms with Gasteiger partial charge in [-0.2, -0.15) is 0 Å². The van der Waals surface area contributed by atoms with Crippen molar-refractivity contribution in [2.45, 2.75) is 0 Å². The van der Waals surface area contributed by atoms with Crippen LogP contribution < -0.4 is 11.5 Å². The van der Waals surface area contributed by atoms with Crippen molar-refractivity contribution in [2.75, 3.05) is 5.73 Å². The third kappa shape index (κ3) is 2.42. The average Bonchev–Trinajstić information content (AvgIpc) is 2.02. The van der Waals surface area contributed by atoms with Gasteiger partial charge < -0.3 is 16.6 Å². The van der Waals surface area contributed by atoms with Gasteiger partial charge in [0, 0.05) is 17.6 Å². The molecular weight excluding hydrogens is 168 g/mol. The molecule has 0 unspecified atom stereocenters. The van der Waals surface area contributed by atoms with Gasteiger partial charge in [0.05, 0.1) is 5.69 Å². The molecule has 0 aliphatic rings.